The van der Waals surface area contributed by atoms with E-state index in [9.17, 15) is 4.79 Å². The van der Waals surface area contributed by atoms with Gasteiger partial charge in [0, 0.05) is 29.0 Å². The van der Waals surface area contributed by atoms with Crippen LogP contribution < -0.4 is 10.2 Å². The maximum atomic E-state index is 11.1. The van der Waals surface area contributed by atoms with E-state index in [-0.39, 0.29) is 5.56 Å². The molecule has 1 aliphatic rings. The minimum absolute atomic E-state index is 0.206. The van der Waals surface area contributed by atoms with Crippen LogP contribution in [-0.4, -0.2) is 27.6 Å². The first-order valence-electron chi connectivity index (χ1n) is 10.4. The van der Waals surface area contributed by atoms with Gasteiger partial charge >= 0.3 is 5.97 Å². The van der Waals surface area contributed by atoms with Gasteiger partial charge in [0.2, 0.25) is 5.95 Å². The van der Waals surface area contributed by atoms with E-state index in [4.69, 9.17) is 44.9 Å². The van der Waals surface area contributed by atoms with Crippen molar-refractivity contribution in [1.29, 1.82) is 0 Å². The quantitative estimate of drug-likeness (QED) is 0.301. The van der Waals surface area contributed by atoms with Gasteiger partial charge in [-0.3, -0.25) is 0 Å². The summed E-state index contributed by atoms with van der Waals surface area (Å²) in [7, 11) is 0. The summed E-state index contributed by atoms with van der Waals surface area (Å²) in [5.41, 5.74) is 5.07. The topological polar surface area (TPSA) is 78.3 Å². The first-order valence-corrected chi connectivity index (χ1v) is 11.5. The molecule has 0 spiro atoms. The summed E-state index contributed by atoms with van der Waals surface area (Å²) in [4.78, 5) is 22.4. The molecule has 4 aromatic rings. The molecule has 1 aromatic heterocycles. The number of benzene rings is 3. The number of aromatic nitrogens is 2. The van der Waals surface area contributed by atoms with Crippen LogP contribution in [0.15, 0.2) is 66.9 Å². The number of aromatic carboxylic acids is 1. The molecule has 170 valence electrons. The Bertz CT molecular complexity index is 1390. The number of carboxylic acid groups (broad SMARTS) is 1. The zero-order chi connectivity index (χ0) is 23.8. The number of para-hydroxylation sites is 1. The van der Waals surface area contributed by atoms with Gasteiger partial charge in [-0.15, -0.1) is 0 Å². The Kier molecular flexibility index (Phi) is 6.04. The molecule has 0 radical (unpaired) electrons. The van der Waals surface area contributed by atoms with Crippen molar-refractivity contribution in [1.82, 2.24) is 9.97 Å². The number of nitrogens with one attached hydrogen (secondary N) is 1. The molecular weight excluding hydrogens is 495 g/mol. The van der Waals surface area contributed by atoms with Gasteiger partial charge in [-0.05, 0) is 66.6 Å². The Labute approximate surface area is 210 Å². The second-order valence-electron chi connectivity index (χ2n) is 7.71. The van der Waals surface area contributed by atoms with Crippen molar-refractivity contribution in [2.45, 2.75) is 6.42 Å². The molecule has 1 aliphatic heterocycles. The maximum Gasteiger partial charge on any atom is 0.335 e. The SMILES string of the molecule is O=C(O)c1ccc(Nc2ncc3c(n2)-c2ccc(Cl)cc2N(c2c(Cl)cccc2Cl)CC3)cc1. The smallest absolute Gasteiger partial charge is 0.335 e. The Morgan fingerprint density at radius 1 is 1.00 bits per heavy atom. The molecule has 2 heterocycles. The van der Waals surface area contributed by atoms with Crippen LogP contribution in [-0.2, 0) is 6.42 Å². The van der Waals surface area contributed by atoms with Gasteiger partial charge in [-0.2, -0.15) is 0 Å². The minimum Gasteiger partial charge on any atom is -0.478 e. The summed E-state index contributed by atoms with van der Waals surface area (Å²) < 4.78 is 0. The van der Waals surface area contributed by atoms with Crippen molar-refractivity contribution in [2.24, 2.45) is 0 Å². The highest BCUT2D eigenvalue weighted by molar-refractivity contribution is 6.39. The van der Waals surface area contributed by atoms with E-state index in [2.05, 4.69) is 15.2 Å². The molecule has 2 N–H and O–H groups in total. The Balaban J connectivity index is 1.57. The number of nitrogens with zero attached hydrogens (tertiary/aromatic N) is 3. The number of fused-ring (bicyclic) bond motifs is 3. The van der Waals surface area contributed by atoms with E-state index in [0.717, 1.165) is 22.5 Å². The van der Waals surface area contributed by atoms with Crippen molar-refractivity contribution >= 4 is 63.8 Å². The van der Waals surface area contributed by atoms with Crippen LogP contribution in [0.25, 0.3) is 11.3 Å². The van der Waals surface area contributed by atoms with Crippen LogP contribution in [0.2, 0.25) is 15.1 Å². The van der Waals surface area contributed by atoms with Gasteiger partial charge in [0.15, 0.2) is 0 Å². The van der Waals surface area contributed by atoms with Crippen LogP contribution in [0.3, 0.4) is 0 Å². The third kappa shape index (κ3) is 4.28. The average molecular weight is 512 g/mol. The summed E-state index contributed by atoms with van der Waals surface area (Å²) in [5.74, 6) is -0.585. The van der Waals surface area contributed by atoms with Crippen LogP contribution >= 0.6 is 34.8 Å². The van der Waals surface area contributed by atoms with Gasteiger partial charge < -0.3 is 15.3 Å². The van der Waals surface area contributed by atoms with Crippen molar-refractivity contribution < 1.29 is 9.90 Å². The van der Waals surface area contributed by atoms with Crippen molar-refractivity contribution in [3.05, 3.63) is 93.1 Å². The molecule has 34 heavy (non-hydrogen) atoms. The van der Waals surface area contributed by atoms with E-state index in [1.54, 1.807) is 18.3 Å². The van der Waals surface area contributed by atoms with Crippen LogP contribution in [0.5, 0.6) is 0 Å². The van der Waals surface area contributed by atoms with E-state index < -0.39 is 5.97 Å². The zero-order valence-electron chi connectivity index (χ0n) is 17.6. The lowest BCUT2D eigenvalue weighted by Crippen LogP contribution is -2.20. The fourth-order valence-corrected chi connectivity index (χ4v) is 4.74. The molecule has 0 fully saturated rings. The third-order valence-corrected chi connectivity index (χ3v) is 6.42. The lowest BCUT2D eigenvalue weighted by Gasteiger charge is -2.27. The first kappa shape index (κ1) is 22.5. The number of halogens is 3. The molecule has 0 aliphatic carbocycles. The van der Waals surface area contributed by atoms with Crippen molar-refractivity contribution in [3.8, 4) is 11.3 Å². The molecule has 9 heteroatoms. The largest absolute Gasteiger partial charge is 0.478 e. The molecule has 0 unspecified atom stereocenters. The van der Waals surface area contributed by atoms with Gasteiger partial charge in [0.1, 0.15) is 0 Å². The highest BCUT2D eigenvalue weighted by atomic mass is 35.5. The van der Waals surface area contributed by atoms with E-state index in [1.807, 2.05) is 36.4 Å². The Morgan fingerprint density at radius 3 is 2.44 bits per heavy atom. The number of carbonyl (C=O) groups is 1. The van der Waals surface area contributed by atoms with Gasteiger partial charge in [-0.25, -0.2) is 14.8 Å². The van der Waals surface area contributed by atoms with E-state index in [0.29, 0.717) is 45.4 Å². The standard InChI is InChI=1S/C25H17Cl3N4O2/c26-16-6-9-18-21(12-16)32(23-19(27)2-1-3-20(23)28)11-10-15-13-29-25(31-22(15)18)30-17-7-4-14(5-8-17)24(33)34/h1-9,12-13H,10-11H2,(H,33,34)(H,29,30,31). The summed E-state index contributed by atoms with van der Waals surface area (Å²) in [6.45, 7) is 0.608. The number of hydrogen-bond acceptors (Lipinski definition) is 5. The zero-order valence-corrected chi connectivity index (χ0v) is 19.9. The number of anilines is 4. The fraction of sp³-hybridized carbons (Fsp3) is 0.0800. The number of carboxylic acids is 1. The molecule has 6 nitrogen and oxygen atoms in total. The van der Waals surface area contributed by atoms with Gasteiger partial charge in [-0.1, -0.05) is 40.9 Å². The molecule has 0 bridgehead atoms. The highest BCUT2D eigenvalue weighted by Gasteiger charge is 2.25. The number of rotatable bonds is 4. The second-order valence-corrected chi connectivity index (χ2v) is 8.96. The first-order chi connectivity index (χ1) is 16.4. The van der Waals surface area contributed by atoms with E-state index >= 15 is 0 Å². The monoisotopic (exact) mass is 510 g/mol. The molecule has 5 rings (SSSR count). The molecular formula is C25H17Cl3N4O2. The average Bonchev–Trinajstić information content (AvgIpc) is 2.96. The highest BCUT2D eigenvalue weighted by Crippen LogP contribution is 2.45. The summed E-state index contributed by atoms with van der Waals surface area (Å²) in [6.07, 6.45) is 2.46. The lowest BCUT2D eigenvalue weighted by molar-refractivity contribution is 0.0697. The Hall–Kier alpha value is -3.32. The number of hydrogen-bond donors (Lipinski definition) is 2. The van der Waals surface area contributed by atoms with Crippen LogP contribution in [0, 0.1) is 0 Å². The predicted octanol–water partition coefficient (Wildman–Crippen LogP) is 7.24. The van der Waals surface area contributed by atoms with Gasteiger partial charge in [0.05, 0.1) is 32.7 Å². The molecule has 0 saturated heterocycles. The van der Waals surface area contributed by atoms with E-state index in [1.165, 1.54) is 12.1 Å². The maximum absolute atomic E-state index is 11.1. The minimum atomic E-state index is -0.980. The van der Waals surface area contributed by atoms with Crippen LogP contribution in [0.1, 0.15) is 15.9 Å². The molecule has 3 aromatic carbocycles. The van der Waals surface area contributed by atoms with Gasteiger partial charge in [0.25, 0.3) is 0 Å². The van der Waals surface area contributed by atoms with Crippen LogP contribution in [0.4, 0.5) is 23.0 Å². The molecule has 0 atom stereocenters. The Morgan fingerprint density at radius 2 is 1.74 bits per heavy atom. The predicted molar refractivity (Wildman–Crippen MR) is 136 cm³/mol. The lowest BCUT2D eigenvalue weighted by atomic mass is 10.0. The summed E-state index contributed by atoms with van der Waals surface area (Å²) >= 11 is 19.5. The molecule has 0 saturated carbocycles. The third-order valence-electron chi connectivity index (χ3n) is 5.57. The normalized spacial score (nSPS) is 12.5. The summed E-state index contributed by atoms with van der Waals surface area (Å²) in [5, 5.41) is 13.9. The molecule has 0 amide bonds. The fourth-order valence-electron chi connectivity index (χ4n) is 3.97. The van der Waals surface area contributed by atoms with Crippen molar-refractivity contribution in [3.63, 3.8) is 0 Å². The second kappa shape index (κ2) is 9.14. The summed E-state index contributed by atoms with van der Waals surface area (Å²) in [6, 6.07) is 17.5. The van der Waals surface area contributed by atoms with Crippen molar-refractivity contribution in [2.75, 3.05) is 16.8 Å².